The van der Waals surface area contributed by atoms with E-state index in [1.807, 2.05) is 19.1 Å². The first-order chi connectivity index (χ1) is 8.65. The third-order valence-electron chi connectivity index (χ3n) is 3.05. The minimum absolute atomic E-state index is 0.208. The molecule has 1 aromatic rings. The highest BCUT2D eigenvalue weighted by atomic mass is 16.5. The molecular formula is C15H26N2O. The lowest BCUT2D eigenvalue weighted by molar-refractivity contribution is 0.223. The maximum atomic E-state index is 5.77. The van der Waals surface area contributed by atoms with Crippen LogP contribution in [0.2, 0.25) is 0 Å². The van der Waals surface area contributed by atoms with Gasteiger partial charge in [-0.15, -0.1) is 0 Å². The smallest absolute Gasteiger partial charge is 0.119 e. The van der Waals surface area contributed by atoms with E-state index in [-0.39, 0.29) is 6.04 Å². The van der Waals surface area contributed by atoms with Gasteiger partial charge in [-0.05, 0) is 44.1 Å². The first kappa shape index (κ1) is 15.0. The first-order valence-electron chi connectivity index (χ1n) is 6.85. The van der Waals surface area contributed by atoms with Crippen LogP contribution in [0.15, 0.2) is 24.3 Å². The molecule has 0 saturated carbocycles. The van der Waals surface area contributed by atoms with Gasteiger partial charge < -0.3 is 15.4 Å². The summed E-state index contributed by atoms with van der Waals surface area (Å²) in [5.74, 6) is 0.940. The van der Waals surface area contributed by atoms with Gasteiger partial charge in [0, 0.05) is 12.6 Å². The number of hydrogen-bond acceptors (Lipinski definition) is 3. The lowest BCUT2D eigenvalue weighted by atomic mass is 10.1. The molecule has 3 heteroatoms. The maximum Gasteiger partial charge on any atom is 0.119 e. The van der Waals surface area contributed by atoms with E-state index >= 15 is 0 Å². The highest BCUT2D eigenvalue weighted by Crippen LogP contribution is 2.13. The van der Waals surface area contributed by atoms with Gasteiger partial charge in [-0.3, -0.25) is 0 Å². The topological polar surface area (TPSA) is 38.5 Å². The van der Waals surface area contributed by atoms with Crippen molar-refractivity contribution in [2.45, 2.75) is 33.2 Å². The van der Waals surface area contributed by atoms with Crippen LogP contribution < -0.4 is 10.5 Å². The van der Waals surface area contributed by atoms with E-state index in [0.29, 0.717) is 0 Å². The van der Waals surface area contributed by atoms with Crippen LogP contribution in [0.1, 0.15) is 26.3 Å². The molecule has 0 unspecified atom stereocenters. The third kappa shape index (κ3) is 5.52. The second kappa shape index (κ2) is 8.11. The second-order valence-electron chi connectivity index (χ2n) is 4.70. The van der Waals surface area contributed by atoms with Gasteiger partial charge >= 0.3 is 0 Å². The van der Waals surface area contributed by atoms with Crippen molar-refractivity contribution in [1.29, 1.82) is 0 Å². The Labute approximate surface area is 111 Å². The molecule has 0 aliphatic heterocycles. The summed E-state index contributed by atoms with van der Waals surface area (Å²) < 4.78 is 5.73. The Morgan fingerprint density at radius 2 is 1.78 bits per heavy atom. The summed E-state index contributed by atoms with van der Waals surface area (Å²) >= 11 is 0. The van der Waals surface area contributed by atoms with Crippen LogP contribution in [-0.2, 0) is 6.42 Å². The lowest BCUT2D eigenvalue weighted by Gasteiger charge is -2.18. The van der Waals surface area contributed by atoms with Crippen molar-refractivity contribution in [2.24, 2.45) is 5.73 Å². The van der Waals surface area contributed by atoms with E-state index in [4.69, 9.17) is 10.5 Å². The number of rotatable bonds is 8. The number of likely N-dealkylation sites (N-methyl/N-ethyl adjacent to an activating group) is 1. The molecule has 0 amide bonds. The Balaban J connectivity index is 2.35. The first-order valence-corrected chi connectivity index (χ1v) is 6.85. The van der Waals surface area contributed by atoms with Gasteiger partial charge in [0.2, 0.25) is 0 Å². The van der Waals surface area contributed by atoms with E-state index in [1.54, 1.807) is 0 Å². The normalized spacial score (nSPS) is 12.7. The number of ether oxygens (including phenoxy) is 1. The predicted octanol–water partition coefficient (Wildman–Crippen LogP) is 2.30. The van der Waals surface area contributed by atoms with E-state index in [9.17, 15) is 0 Å². The van der Waals surface area contributed by atoms with Crippen LogP contribution in [0, 0.1) is 0 Å². The van der Waals surface area contributed by atoms with Crippen LogP contribution >= 0.6 is 0 Å². The molecule has 0 saturated heterocycles. The Bertz CT molecular complexity index is 318. The molecular weight excluding hydrogens is 224 g/mol. The fourth-order valence-corrected chi connectivity index (χ4v) is 1.93. The average Bonchev–Trinajstić information content (AvgIpc) is 2.36. The van der Waals surface area contributed by atoms with E-state index in [0.717, 1.165) is 38.4 Å². The SMILES string of the molecule is CCN(CC)CCOc1ccc(C[C@H](C)N)cc1. The van der Waals surface area contributed by atoms with E-state index in [1.165, 1.54) is 5.56 Å². The molecule has 1 aromatic carbocycles. The van der Waals surface area contributed by atoms with Gasteiger partial charge in [0.15, 0.2) is 0 Å². The Morgan fingerprint density at radius 3 is 2.28 bits per heavy atom. The maximum absolute atomic E-state index is 5.77. The largest absolute Gasteiger partial charge is 0.492 e. The van der Waals surface area contributed by atoms with E-state index in [2.05, 4.69) is 30.9 Å². The minimum atomic E-state index is 0.208. The summed E-state index contributed by atoms with van der Waals surface area (Å²) in [6, 6.07) is 8.45. The Kier molecular flexibility index (Phi) is 6.76. The van der Waals surface area contributed by atoms with Crippen molar-refractivity contribution in [3.05, 3.63) is 29.8 Å². The third-order valence-corrected chi connectivity index (χ3v) is 3.05. The van der Waals surface area contributed by atoms with Crippen LogP contribution in [0.5, 0.6) is 5.75 Å². The standard InChI is InChI=1S/C15H26N2O/c1-4-17(5-2)10-11-18-15-8-6-14(7-9-15)12-13(3)16/h6-9,13H,4-5,10-12,16H2,1-3H3/t13-/m0/s1. The zero-order chi connectivity index (χ0) is 13.4. The molecule has 18 heavy (non-hydrogen) atoms. The lowest BCUT2D eigenvalue weighted by Crippen LogP contribution is -2.27. The Hall–Kier alpha value is -1.06. The second-order valence-corrected chi connectivity index (χ2v) is 4.70. The quantitative estimate of drug-likeness (QED) is 0.769. The van der Waals surface area contributed by atoms with Gasteiger partial charge in [-0.2, -0.15) is 0 Å². The van der Waals surface area contributed by atoms with Crippen molar-refractivity contribution in [1.82, 2.24) is 4.90 Å². The van der Waals surface area contributed by atoms with Gasteiger partial charge in [0.1, 0.15) is 12.4 Å². The van der Waals surface area contributed by atoms with Gasteiger partial charge in [0.05, 0.1) is 0 Å². The van der Waals surface area contributed by atoms with Crippen molar-refractivity contribution < 1.29 is 4.74 Å². The van der Waals surface area contributed by atoms with Gasteiger partial charge in [-0.25, -0.2) is 0 Å². The predicted molar refractivity (Wildman–Crippen MR) is 77.1 cm³/mol. The van der Waals surface area contributed by atoms with Gasteiger partial charge in [0.25, 0.3) is 0 Å². The number of nitrogens with zero attached hydrogens (tertiary/aromatic N) is 1. The highest BCUT2D eigenvalue weighted by Gasteiger charge is 2.01. The average molecular weight is 250 g/mol. The summed E-state index contributed by atoms with van der Waals surface area (Å²) in [5, 5.41) is 0. The molecule has 0 spiro atoms. The molecule has 102 valence electrons. The zero-order valence-electron chi connectivity index (χ0n) is 11.9. The molecule has 1 rings (SSSR count). The summed E-state index contributed by atoms with van der Waals surface area (Å²) in [7, 11) is 0. The van der Waals surface area contributed by atoms with Crippen molar-refractivity contribution in [2.75, 3.05) is 26.2 Å². The molecule has 0 bridgehead atoms. The van der Waals surface area contributed by atoms with Crippen LogP contribution in [-0.4, -0.2) is 37.2 Å². The molecule has 0 aliphatic carbocycles. The molecule has 1 atom stereocenters. The summed E-state index contributed by atoms with van der Waals surface area (Å²) in [6.07, 6.45) is 0.916. The molecule has 0 radical (unpaired) electrons. The number of hydrogen-bond donors (Lipinski definition) is 1. The van der Waals surface area contributed by atoms with Crippen molar-refractivity contribution in [3.63, 3.8) is 0 Å². The number of nitrogens with two attached hydrogens (primary N) is 1. The fraction of sp³-hybridized carbons (Fsp3) is 0.600. The van der Waals surface area contributed by atoms with Gasteiger partial charge in [-0.1, -0.05) is 26.0 Å². The summed E-state index contributed by atoms with van der Waals surface area (Å²) in [5.41, 5.74) is 7.03. The highest BCUT2D eigenvalue weighted by molar-refractivity contribution is 5.27. The molecule has 0 aliphatic rings. The van der Waals surface area contributed by atoms with Crippen molar-refractivity contribution >= 4 is 0 Å². The fourth-order valence-electron chi connectivity index (χ4n) is 1.93. The minimum Gasteiger partial charge on any atom is -0.492 e. The molecule has 0 aromatic heterocycles. The Morgan fingerprint density at radius 1 is 1.17 bits per heavy atom. The van der Waals surface area contributed by atoms with Crippen molar-refractivity contribution in [3.8, 4) is 5.75 Å². The van der Waals surface area contributed by atoms with E-state index < -0.39 is 0 Å². The molecule has 3 nitrogen and oxygen atoms in total. The summed E-state index contributed by atoms with van der Waals surface area (Å²) in [4.78, 5) is 2.35. The van der Waals surface area contributed by atoms with Crippen LogP contribution in [0.3, 0.4) is 0 Å². The zero-order valence-corrected chi connectivity index (χ0v) is 11.9. The molecule has 2 N–H and O–H groups in total. The van der Waals surface area contributed by atoms with Crippen LogP contribution in [0.25, 0.3) is 0 Å². The molecule has 0 fully saturated rings. The number of benzene rings is 1. The summed E-state index contributed by atoms with van der Waals surface area (Å²) in [6.45, 7) is 10.2. The molecule has 0 heterocycles. The monoisotopic (exact) mass is 250 g/mol. The van der Waals surface area contributed by atoms with Crippen LogP contribution in [0.4, 0.5) is 0 Å².